The second-order valence-electron chi connectivity index (χ2n) is 6.96. The van der Waals surface area contributed by atoms with Crippen molar-refractivity contribution in [2.75, 3.05) is 20.6 Å². The molecule has 0 radical (unpaired) electrons. The van der Waals surface area contributed by atoms with Crippen molar-refractivity contribution in [3.63, 3.8) is 0 Å². The molecule has 3 rings (SSSR count). The number of hydrogen-bond acceptors (Lipinski definition) is 4. The summed E-state index contributed by atoms with van der Waals surface area (Å²) < 4.78 is 5.79. The fourth-order valence-corrected chi connectivity index (χ4v) is 3.11. The number of likely N-dealkylation sites (N-methyl/N-ethyl adjacent to an activating group) is 1. The molecule has 0 aliphatic heterocycles. The normalized spacial score (nSPS) is 12.3. The van der Waals surface area contributed by atoms with Gasteiger partial charge in [-0.1, -0.05) is 36.4 Å². The quantitative estimate of drug-likeness (QED) is 0.753. The number of carbonyl (C=O) groups is 1. The Morgan fingerprint density at radius 3 is 2.48 bits per heavy atom. The molecule has 0 saturated heterocycles. The fraction of sp³-hybridized carbons (Fsp3) is 0.273. The number of aryl methyl sites for hydroxylation is 2. The molecule has 5 nitrogen and oxygen atoms in total. The molecule has 27 heavy (non-hydrogen) atoms. The summed E-state index contributed by atoms with van der Waals surface area (Å²) in [6.45, 7) is 4.24. The molecule has 1 unspecified atom stereocenters. The van der Waals surface area contributed by atoms with Crippen LogP contribution in [0.15, 0.2) is 57.7 Å². The molecule has 0 spiro atoms. The van der Waals surface area contributed by atoms with Crippen molar-refractivity contribution in [3.8, 4) is 0 Å². The number of fused-ring (bicyclic) bond motifs is 1. The Hall–Kier alpha value is -2.92. The summed E-state index contributed by atoms with van der Waals surface area (Å²) in [7, 11) is 3.93. The van der Waals surface area contributed by atoms with E-state index in [9.17, 15) is 9.59 Å². The van der Waals surface area contributed by atoms with E-state index in [1.165, 1.54) is 6.07 Å². The third kappa shape index (κ3) is 3.93. The number of nitrogens with one attached hydrogen (secondary N) is 1. The van der Waals surface area contributed by atoms with Crippen LogP contribution in [-0.4, -0.2) is 31.4 Å². The molecule has 0 fully saturated rings. The second-order valence-corrected chi connectivity index (χ2v) is 6.96. The maximum Gasteiger partial charge on any atom is 0.287 e. The van der Waals surface area contributed by atoms with Crippen LogP contribution >= 0.6 is 0 Å². The fourth-order valence-electron chi connectivity index (χ4n) is 3.11. The summed E-state index contributed by atoms with van der Waals surface area (Å²) in [6, 6.07) is 14.9. The Bertz CT molecular complexity index is 1020. The van der Waals surface area contributed by atoms with Crippen molar-refractivity contribution >= 4 is 16.9 Å². The highest BCUT2D eigenvalue weighted by Gasteiger charge is 2.18. The van der Waals surface area contributed by atoms with E-state index in [-0.39, 0.29) is 17.2 Å². The van der Waals surface area contributed by atoms with Gasteiger partial charge >= 0.3 is 0 Å². The van der Waals surface area contributed by atoms with Gasteiger partial charge in [-0.2, -0.15) is 0 Å². The standard InChI is InChI=1S/C22H24N2O3/c1-14-10-11-17-19(25)12-20(27-21(17)15(14)2)22(26)23-13-18(24(3)4)16-8-6-5-7-9-16/h5-12,18H,13H2,1-4H3,(H,23,26). The van der Waals surface area contributed by atoms with Gasteiger partial charge in [-0.15, -0.1) is 0 Å². The first-order valence-corrected chi connectivity index (χ1v) is 8.92. The first-order valence-electron chi connectivity index (χ1n) is 8.92. The minimum atomic E-state index is -0.391. The molecule has 1 aromatic heterocycles. The number of amides is 1. The van der Waals surface area contributed by atoms with Crippen LogP contribution in [0.25, 0.3) is 11.0 Å². The van der Waals surface area contributed by atoms with E-state index in [2.05, 4.69) is 5.32 Å². The summed E-state index contributed by atoms with van der Waals surface area (Å²) in [5, 5.41) is 3.38. The Morgan fingerprint density at radius 2 is 1.81 bits per heavy atom. The lowest BCUT2D eigenvalue weighted by Crippen LogP contribution is -2.34. The predicted molar refractivity (Wildman–Crippen MR) is 107 cm³/mol. The lowest BCUT2D eigenvalue weighted by atomic mass is 10.1. The van der Waals surface area contributed by atoms with E-state index in [0.717, 1.165) is 16.7 Å². The van der Waals surface area contributed by atoms with E-state index in [0.29, 0.717) is 17.5 Å². The Morgan fingerprint density at radius 1 is 1.11 bits per heavy atom. The van der Waals surface area contributed by atoms with Gasteiger partial charge < -0.3 is 14.6 Å². The van der Waals surface area contributed by atoms with E-state index < -0.39 is 5.91 Å². The average molecular weight is 364 g/mol. The summed E-state index contributed by atoms with van der Waals surface area (Å²) in [4.78, 5) is 27.1. The Labute approximate surface area is 158 Å². The maximum atomic E-state index is 12.6. The van der Waals surface area contributed by atoms with E-state index in [1.54, 1.807) is 6.07 Å². The van der Waals surface area contributed by atoms with Gasteiger partial charge in [0.25, 0.3) is 5.91 Å². The van der Waals surface area contributed by atoms with Crippen LogP contribution in [0.3, 0.4) is 0 Å². The smallest absolute Gasteiger partial charge is 0.287 e. The molecule has 0 aliphatic rings. The van der Waals surface area contributed by atoms with Gasteiger partial charge in [0.2, 0.25) is 0 Å². The summed E-state index contributed by atoms with van der Waals surface area (Å²) in [5.74, 6) is -0.357. The lowest BCUT2D eigenvalue weighted by molar-refractivity contribution is 0.0914. The molecule has 0 aliphatic carbocycles. The molecule has 1 atom stereocenters. The van der Waals surface area contributed by atoms with Crippen molar-refractivity contribution in [2.45, 2.75) is 19.9 Å². The summed E-state index contributed by atoms with van der Waals surface area (Å²) >= 11 is 0. The number of rotatable bonds is 5. The number of benzene rings is 2. The van der Waals surface area contributed by atoms with Crippen molar-refractivity contribution in [2.24, 2.45) is 0 Å². The van der Waals surface area contributed by atoms with Crippen molar-refractivity contribution in [3.05, 3.63) is 81.2 Å². The van der Waals surface area contributed by atoms with Crippen LogP contribution in [0.1, 0.15) is 33.3 Å². The summed E-state index contributed by atoms with van der Waals surface area (Å²) in [6.07, 6.45) is 0. The van der Waals surface area contributed by atoms with Crippen LogP contribution in [-0.2, 0) is 0 Å². The highest BCUT2D eigenvalue weighted by Crippen LogP contribution is 2.21. The van der Waals surface area contributed by atoms with Crippen molar-refractivity contribution in [1.29, 1.82) is 0 Å². The topological polar surface area (TPSA) is 62.6 Å². The largest absolute Gasteiger partial charge is 0.450 e. The first-order chi connectivity index (χ1) is 12.9. The molecular formula is C22H24N2O3. The molecule has 2 aromatic carbocycles. The molecule has 0 bridgehead atoms. The third-order valence-electron chi connectivity index (χ3n) is 4.90. The molecule has 1 amide bonds. The maximum absolute atomic E-state index is 12.6. The molecule has 5 heteroatoms. The van der Waals surface area contributed by atoms with Gasteiger partial charge in [0.1, 0.15) is 5.58 Å². The number of hydrogen-bond donors (Lipinski definition) is 1. The van der Waals surface area contributed by atoms with Gasteiger partial charge in [0.15, 0.2) is 11.2 Å². The van der Waals surface area contributed by atoms with Gasteiger partial charge in [-0.3, -0.25) is 9.59 Å². The minimum absolute atomic E-state index is 0.0197. The van der Waals surface area contributed by atoms with Crippen LogP contribution in [0.5, 0.6) is 0 Å². The predicted octanol–water partition coefficient (Wildman–Crippen LogP) is 3.44. The lowest BCUT2D eigenvalue weighted by Gasteiger charge is -2.25. The van der Waals surface area contributed by atoms with E-state index in [1.807, 2.05) is 69.2 Å². The number of nitrogens with zero attached hydrogens (tertiary/aromatic N) is 1. The SMILES string of the molecule is Cc1ccc2c(=O)cc(C(=O)NCC(c3ccccc3)N(C)C)oc2c1C. The van der Waals surface area contributed by atoms with E-state index >= 15 is 0 Å². The molecular weight excluding hydrogens is 340 g/mol. The van der Waals surface area contributed by atoms with Crippen LogP contribution < -0.4 is 10.7 Å². The average Bonchev–Trinajstić information content (AvgIpc) is 2.65. The molecule has 0 saturated carbocycles. The minimum Gasteiger partial charge on any atom is -0.450 e. The Kier molecular flexibility index (Phi) is 5.42. The highest BCUT2D eigenvalue weighted by molar-refractivity contribution is 5.93. The van der Waals surface area contributed by atoms with Crippen molar-refractivity contribution in [1.82, 2.24) is 10.2 Å². The monoisotopic (exact) mass is 364 g/mol. The molecule has 1 heterocycles. The zero-order chi connectivity index (χ0) is 19.6. The third-order valence-corrected chi connectivity index (χ3v) is 4.90. The van der Waals surface area contributed by atoms with Crippen LogP contribution in [0.2, 0.25) is 0 Å². The van der Waals surface area contributed by atoms with Gasteiger partial charge in [0.05, 0.1) is 11.4 Å². The molecule has 1 N–H and O–H groups in total. The molecule has 140 valence electrons. The zero-order valence-corrected chi connectivity index (χ0v) is 16.1. The molecule has 3 aromatic rings. The van der Waals surface area contributed by atoms with Crippen LogP contribution in [0.4, 0.5) is 0 Å². The van der Waals surface area contributed by atoms with Gasteiger partial charge in [-0.25, -0.2) is 0 Å². The Balaban J connectivity index is 1.86. The van der Waals surface area contributed by atoms with Gasteiger partial charge in [0, 0.05) is 12.6 Å². The van der Waals surface area contributed by atoms with E-state index in [4.69, 9.17) is 4.42 Å². The zero-order valence-electron chi connectivity index (χ0n) is 16.1. The van der Waals surface area contributed by atoms with Crippen LogP contribution in [0, 0.1) is 13.8 Å². The number of carbonyl (C=O) groups excluding carboxylic acids is 1. The van der Waals surface area contributed by atoms with Gasteiger partial charge in [-0.05, 0) is 50.7 Å². The second kappa shape index (κ2) is 7.76. The highest BCUT2D eigenvalue weighted by atomic mass is 16.3. The summed E-state index contributed by atoms with van der Waals surface area (Å²) in [5.41, 5.74) is 3.25. The van der Waals surface area contributed by atoms with Crippen molar-refractivity contribution < 1.29 is 9.21 Å². The first kappa shape index (κ1) is 18.9.